The second kappa shape index (κ2) is 7.35. The summed E-state index contributed by atoms with van der Waals surface area (Å²) < 4.78 is 32.1. The highest BCUT2D eigenvalue weighted by molar-refractivity contribution is 6.30. The monoisotopic (exact) mass is 380 g/mol. The number of ether oxygens (including phenoxy) is 1. The Kier molecular flexibility index (Phi) is 5.15. The molecule has 0 bridgehead atoms. The Morgan fingerprint density at radius 1 is 1.23 bits per heavy atom. The van der Waals surface area contributed by atoms with Crippen LogP contribution in [0.5, 0.6) is 11.6 Å². The zero-order valence-electron chi connectivity index (χ0n) is 13.7. The molecule has 2 heterocycles. The first-order valence-electron chi connectivity index (χ1n) is 7.63. The summed E-state index contributed by atoms with van der Waals surface area (Å²) in [6, 6.07) is 8.53. The second-order valence-corrected chi connectivity index (χ2v) is 6.18. The van der Waals surface area contributed by atoms with Gasteiger partial charge in [0.25, 0.3) is 6.43 Å². The van der Waals surface area contributed by atoms with Crippen LogP contribution in [0.25, 0.3) is 0 Å². The van der Waals surface area contributed by atoms with Crippen molar-refractivity contribution in [3.63, 3.8) is 0 Å². The van der Waals surface area contributed by atoms with Crippen molar-refractivity contribution in [3.05, 3.63) is 65.3 Å². The van der Waals surface area contributed by atoms with Crippen molar-refractivity contribution in [1.82, 2.24) is 19.7 Å². The third-order valence-electron chi connectivity index (χ3n) is 3.69. The van der Waals surface area contributed by atoms with Crippen LogP contribution in [-0.4, -0.2) is 24.9 Å². The number of hydrogen-bond donors (Lipinski definition) is 1. The summed E-state index contributed by atoms with van der Waals surface area (Å²) in [5.41, 5.74) is -1.02. The van der Waals surface area contributed by atoms with E-state index in [1.54, 1.807) is 13.0 Å². The normalized spacial score (nSPS) is 13.6. The fourth-order valence-corrected chi connectivity index (χ4v) is 2.74. The maximum atomic E-state index is 12.6. The Labute approximate surface area is 153 Å². The van der Waals surface area contributed by atoms with Crippen LogP contribution in [0.15, 0.2) is 49.1 Å². The molecule has 0 spiro atoms. The zero-order valence-corrected chi connectivity index (χ0v) is 14.4. The highest BCUT2D eigenvalue weighted by Gasteiger charge is 2.28. The molecular formula is C17H15ClF2N4O2. The second-order valence-electron chi connectivity index (χ2n) is 5.83. The van der Waals surface area contributed by atoms with Crippen molar-refractivity contribution in [2.24, 2.45) is 0 Å². The van der Waals surface area contributed by atoms with Gasteiger partial charge in [-0.2, -0.15) is 5.10 Å². The van der Waals surface area contributed by atoms with E-state index in [-0.39, 0.29) is 23.1 Å². The molecule has 26 heavy (non-hydrogen) atoms. The van der Waals surface area contributed by atoms with Crippen molar-refractivity contribution in [1.29, 1.82) is 0 Å². The van der Waals surface area contributed by atoms with Gasteiger partial charge in [-0.25, -0.2) is 23.4 Å². The third kappa shape index (κ3) is 4.14. The van der Waals surface area contributed by atoms with E-state index in [9.17, 15) is 13.9 Å². The highest BCUT2D eigenvalue weighted by Crippen LogP contribution is 2.31. The van der Waals surface area contributed by atoms with Crippen molar-refractivity contribution >= 4 is 11.6 Å². The van der Waals surface area contributed by atoms with Crippen molar-refractivity contribution < 1.29 is 18.6 Å². The van der Waals surface area contributed by atoms with Gasteiger partial charge in [-0.1, -0.05) is 11.6 Å². The minimum Gasteiger partial charge on any atom is -0.439 e. The topological polar surface area (TPSA) is 73.1 Å². The van der Waals surface area contributed by atoms with E-state index < -0.39 is 12.0 Å². The van der Waals surface area contributed by atoms with Gasteiger partial charge in [0.05, 0.1) is 6.54 Å². The number of alkyl halides is 2. The van der Waals surface area contributed by atoms with E-state index >= 15 is 0 Å². The standard InChI is InChI=1S/C17H15ClF2N4O2/c1-17(25,8-24-10-21-9-22-24)13-6-7-14(23-15(13)18)26-12-4-2-11(3-5-12)16(19)20/h2-7,9-10,16,25H,8H2,1H3. The molecule has 0 aliphatic rings. The quantitative estimate of drug-likeness (QED) is 0.655. The van der Waals surface area contributed by atoms with E-state index in [1.165, 1.54) is 47.7 Å². The molecule has 0 saturated heterocycles. The average molecular weight is 381 g/mol. The molecule has 1 aromatic carbocycles. The van der Waals surface area contributed by atoms with Crippen LogP contribution in [0, 0.1) is 0 Å². The van der Waals surface area contributed by atoms with Crippen LogP contribution >= 0.6 is 11.6 Å². The minimum absolute atomic E-state index is 0.0665. The van der Waals surface area contributed by atoms with Crippen molar-refractivity contribution in [2.75, 3.05) is 0 Å². The molecule has 9 heteroatoms. The molecule has 0 aliphatic carbocycles. The largest absolute Gasteiger partial charge is 0.439 e. The Hall–Kier alpha value is -2.58. The van der Waals surface area contributed by atoms with Crippen LogP contribution in [0.2, 0.25) is 5.15 Å². The fourth-order valence-electron chi connectivity index (χ4n) is 2.39. The summed E-state index contributed by atoms with van der Waals surface area (Å²) in [4.78, 5) is 7.94. The third-order valence-corrected chi connectivity index (χ3v) is 3.98. The summed E-state index contributed by atoms with van der Waals surface area (Å²) in [6.07, 6.45) is 0.311. The Balaban J connectivity index is 1.76. The summed E-state index contributed by atoms with van der Waals surface area (Å²) in [5, 5.41) is 14.7. The number of aromatic nitrogens is 4. The molecule has 0 fully saturated rings. The van der Waals surface area contributed by atoms with Crippen molar-refractivity contribution in [2.45, 2.75) is 25.5 Å². The Morgan fingerprint density at radius 2 is 1.96 bits per heavy atom. The van der Waals surface area contributed by atoms with Gasteiger partial charge in [0, 0.05) is 17.2 Å². The minimum atomic E-state index is -2.54. The molecule has 2 aromatic heterocycles. The lowest BCUT2D eigenvalue weighted by Crippen LogP contribution is -2.28. The summed E-state index contributed by atoms with van der Waals surface area (Å²) in [6.45, 7) is 1.73. The highest BCUT2D eigenvalue weighted by atomic mass is 35.5. The molecule has 0 aliphatic heterocycles. The number of benzene rings is 1. The molecule has 1 atom stereocenters. The molecule has 3 rings (SSSR count). The molecule has 0 radical (unpaired) electrons. The van der Waals surface area contributed by atoms with Crippen LogP contribution in [0.3, 0.4) is 0 Å². The Morgan fingerprint density at radius 3 is 2.54 bits per heavy atom. The number of aliphatic hydroxyl groups is 1. The van der Waals surface area contributed by atoms with E-state index in [2.05, 4.69) is 15.1 Å². The molecule has 0 amide bonds. The number of rotatable bonds is 6. The van der Waals surface area contributed by atoms with Gasteiger partial charge < -0.3 is 9.84 Å². The van der Waals surface area contributed by atoms with Crippen LogP contribution in [0.4, 0.5) is 8.78 Å². The molecule has 1 unspecified atom stereocenters. The molecular weight excluding hydrogens is 366 g/mol. The lowest BCUT2D eigenvalue weighted by atomic mass is 9.98. The van der Waals surface area contributed by atoms with Gasteiger partial charge in [-0.05, 0) is 37.3 Å². The molecule has 3 aromatic rings. The average Bonchev–Trinajstić information content (AvgIpc) is 3.07. The molecule has 136 valence electrons. The lowest BCUT2D eigenvalue weighted by molar-refractivity contribution is 0.0343. The van der Waals surface area contributed by atoms with Gasteiger partial charge in [0.1, 0.15) is 29.2 Å². The maximum Gasteiger partial charge on any atom is 0.263 e. The predicted molar refractivity (Wildman–Crippen MR) is 90.3 cm³/mol. The van der Waals surface area contributed by atoms with Crippen LogP contribution in [-0.2, 0) is 12.1 Å². The zero-order chi connectivity index (χ0) is 18.7. The van der Waals surface area contributed by atoms with Gasteiger partial charge in [0.15, 0.2) is 0 Å². The summed E-state index contributed by atoms with van der Waals surface area (Å²) in [7, 11) is 0. The van der Waals surface area contributed by atoms with Gasteiger partial charge in [-0.3, -0.25) is 0 Å². The first-order valence-corrected chi connectivity index (χ1v) is 8.01. The van der Waals surface area contributed by atoms with Gasteiger partial charge in [0.2, 0.25) is 5.88 Å². The van der Waals surface area contributed by atoms with Crippen LogP contribution in [0.1, 0.15) is 24.5 Å². The van der Waals surface area contributed by atoms with E-state index in [4.69, 9.17) is 16.3 Å². The number of halogens is 3. The molecule has 0 saturated carbocycles. The first-order chi connectivity index (χ1) is 12.3. The SMILES string of the molecule is CC(O)(Cn1cncn1)c1ccc(Oc2ccc(C(F)F)cc2)nc1Cl. The summed E-state index contributed by atoms with van der Waals surface area (Å²) >= 11 is 6.19. The number of nitrogens with zero attached hydrogens (tertiary/aromatic N) is 4. The Bertz CT molecular complexity index is 871. The van der Waals surface area contributed by atoms with Gasteiger partial charge >= 0.3 is 0 Å². The van der Waals surface area contributed by atoms with Crippen molar-refractivity contribution in [3.8, 4) is 11.6 Å². The predicted octanol–water partition coefficient (Wildman–Crippen LogP) is 3.96. The van der Waals surface area contributed by atoms with E-state index in [1.807, 2.05) is 0 Å². The van der Waals surface area contributed by atoms with E-state index in [0.29, 0.717) is 11.3 Å². The fraction of sp³-hybridized carbons (Fsp3) is 0.235. The molecule has 1 N–H and O–H groups in total. The van der Waals surface area contributed by atoms with Crippen LogP contribution < -0.4 is 4.74 Å². The lowest BCUT2D eigenvalue weighted by Gasteiger charge is -2.24. The van der Waals surface area contributed by atoms with E-state index in [0.717, 1.165) is 0 Å². The smallest absolute Gasteiger partial charge is 0.263 e. The number of hydrogen-bond acceptors (Lipinski definition) is 5. The summed E-state index contributed by atoms with van der Waals surface area (Å²) in [5.74, 6) is 0.528. The van der Waals surface area contributed by atoms with Gasteiger partial charge in [-0.15, -0.1) is 0 Å². The number of pyridine rings is 1. The maximum absolute atomic E-state index is 12.6. The first kappa shape index (κ1) is 18.2. The molecule has 6 nitrogen and oxygen atoms in total.